The normalized spacial score (nSPS) is 21.5. The maximum Gasteiger partial charge on any atom is 0.258 e. The van der Waals surface area contributed by atoms with Crippen molar-refractivity contribution in [1.82, 2.24) is 18.8 Å². The molecule has 5 rings (SSSR count). The van der Waals surface area contributed by atoms with Crippen LogP contribution >= 0.6 is 0 Å². The molecule has 1 saturated heterocycles. The van der Waals surface area contributed by atoms with Crippen molar-refractivity contribution < 1.29 is 8.42 Å². The Labute approximate surface area is 168 Å². The minimum absolute atomic E-state index is 0.00904. The number of hydrogen-bond donors (Lipinski definition) is 0. The quantitative estimate of drug-likeness (QED) is 0.663. The van der Waals surface area contributed by atoms with Gasteiger partial charge in [0.1, 0.15) is 6.33 Å². The standard InChI is InChI=1S/C21H20N4O3S/c26-21-19(17-9-22-14-23-10-17)6-7-20-16-8-15(12-25(20)21)11-24(13-16)29(27,28)18-4-2-1-3-5-18/h1-7,9-10,14-16H,8,11-13H2/t15-,16+/m0/s1. The largest absolute Gasteiger partial charge is 0.311 e. The number of benzene rings is 1. The molecular weight excluding hydrogens is 388 g/mol. The van der Waals surface area contributed by atoms with Crippen LogP contribution in [0.5, 0.6) is 0 Å². The minimum Gasteiger partial charge on any atom is -0.311 e. The molecule has 2 atom stereocenters. The summed E-state index contributed by atoms with van der Waals surface area (Å²) in [5, 5.41) is 0. The number of pyridine rings is 1. The monoisotopic (exact) mass is 408 g/mol. The van der Waals surface area contributed by atoms with Crippen molar-refractivity contribution in [3.8, 4) is 11.1 Å². The van der Waals surface area contributed by atoms with Crippen LogP contribution in [0.3, 0.4) is 0 Å². The second kappa shape index (κ2) is 6.89. The lowest BCUT2D eigenvalue weighted by Crippen LogP contribution is -2.49. The van der Waals surface area contributed by atoms with Crippen molar-refractivity contribution in [2.75, 3.05) is 13.1 Å². The van der Waals surface area contributed by atoms with Crippen molar-refractivity contribution >= 4 is 10.0 Å². The van der Waals surface area contributed by atoms with Crippen LogP contribution in [0.4, 0.5) is 0 Å². The molecule has 1 aromatic carbocycles. The number of rotatable bonds is 3. The van der Waals surface area contributed by atoms with Gasteiger partial charge >= 0.3 is 0 Å². The molecule has 2 aliphatic rings. The van der Waals surface area contributed by atoms with Crippen molar-refractivity contribution in [2.45, 2.75) is 23.8 Å². The third-order valence-electron chi connectivity index (χ3n) is 5.82. The summed E-state index contributed by atoms with van der Waals surface area (Å²) in [6.45, 7) is 1.34. The van der Waals surface area contributed by atoms with Crippen molar-refractivity contribution in [1.29, 1.82) is 0 Å². The van der Waals surface area contributed by atoms with E-state index < -0.39 is 10.0 Å². The lowest BCUT2D eigenvalue weighted by Gasteiger charge is -2.42. The summed E-state index contributed by atoms with van der Waals surface area (Å²) in [4.78, 5) is 21.4. The van der Waals surface area contributed by atoms with Gasteiger partial charge in [-0.05, 0) is 36.6 Å². The average Bonchev–Trinajstić information content (AvgIpc) is 2.75. The molecule has 2 aromatic heterocycles. The highest BCUT2D eigenvalue weighted by Gasteiger charge is 2.39. The molecule has 4 heterocycles. The van der Waals surface area contributed by atoms with Gasteiger partial charge in [-0.1, -0.05) is 18.2 Å². The molecule has 0 N–H and O–H groups in total. The van der Waals surface area contributed by atoms with Crippen molar-refractivity contribution in [3.05, 3.63) is 77.2 Å². The molecule has 0 aliphatic carbocycles. The van der Waals surface area contributed by atoms with Crippen molar-refractivity contribution in [3.63, 3.8) is 0 Å². The molecule has 2 bridgehead atoms. The summed E-state index contributed by atoms with van der Waals surface area (Å²) in [5.41, 5.74) is 2.10. The van der Waals surface area contributed by atoms with Gasteiger partial charge in [-0.25, -0.2) is 18.4 Å². The van der Waals surface area contributed by atoms with E-state index in [0.717, 1.165) is 12.1 Å². The van der Waals surface area contributed by atoms with Crippen LogP contribution in [0.1, 0.15) is 18.0 Å². The van der Waals surface area contributed by atoms with Gasteiger partial charge in [-0.2, -0.15) is 4.31 Å². The van der Waals surface area contributed by atoms with Crippen LogP contribution in [0.2, 0.25) is 0 Å². The summed E-state index contributed by atoms with van der Waals surface area (Å²) in [6, 6.07) is 12.3. The Morgan fingerprint density at radius 3 is 2.45 bits per heavy atom. The van der Waals surface area contributed by atoms with Gasteiger partial charge < -0.3 is 4.57 Å². The molecule has 29 heavy (non-hydrogen) atoms. The number of sulfonamides is 1. The number of piperidine rings is 1. The lowest BCUT2D eigenvalue weighted by atomic mass is 9.84. The zero-order valence-corrected chi connectivity index (χ0v) is 16.5. The molecule has 8 heteroatoms. The molecule has 0 spiro atoms. The molecule has 0 saturated carbocycles. The smallest absolute Gasteiger partial charge is 0.258 e. The Hall–Kier alpha value is -2.84. The lowest BCUT2D eigenvalue weighted by molar-refractivity contribution is 0.186. The van der Waals surface area contributed by atoms with E-state index in [0.29, 0.717) is 35.7 Å². The zero-order chi connectivity index (χ0) is 20.0. The summed E-state index contributed by atoms with van der Waals surface area (Å²) in [5.74, 6) is 0.120. The van der Waals surface area contributed by atoms with E-state index in [1.807, 2.05) is 16.7 Å². The molecule has 2 aliphatic heterocycles. The first kappa shape index (κ1) is 18.2. The average molecular weight is 408 g/mol. The van der Waals surface area contributed by atoms with Crippen LogP contribution in [0.25, 0.3) is 11.1 Å². The molecule has 148 valence electrons. The van der Waals surface area contributed by atoms with Gasteiger partial charge in [0.25, 0.3) is 5.56 Å². The van der Waals surface area contributed by atoms with E-state index >= 15 is 0 Å². The molecule has 7 nitrogen and oxygen atoms in total. The van der Waals surface area contributed by atoms with Crippen molar-refractivity contribution in [2.24, 2.45) is 5.92 Å². The van der Waals surface area contributed by atoms with Crippen LogP contribution < -0.4 is 5.56 Å². The van der Waals surface area contributed by atoms with Gasteiger partial charge in [-0.3, -0.25) is 4.79 Å². The Kier molecular flexibility index (Phi) is 4.33. The third kappa shape index (κ3) is 3.08. The first-order chi connectivity index (χ1) is 14.0. The summed E-state index contributed by atoms with van der Waals surface area (Å²) in [7, 11) is -3.54. The van der Waals surface area contributed by atoms with E-state index in [9.17, 15) is 13.2 Å². The van der Waals surface area contributed by atoms with E-state index in [-0.39, 0.29) is 17.4 Å². The second-order valence-electron chi connectivity index (χ2n) is 7.65. The van der Waals surface area contributed by atoms with E-state index in [1.54, 1.807) is 47.0 Å². The Bertz CT molecular complexity index is 1210. The maximum absolute atomic E-state index is 13.1. The van der Waals surface area contributed by atoms with E-state index in [1.165, 1.54) is 6.33 Å². The predicted octanol–water partition coefficient (Wildman–Crippen LogP) is 2.11. The predicted molar refractivity (Wildman–Crippen MR) is 108 cm³/mol. The molecule has 0 amide bonds. The Morgan fingerprint density at radius 2 is 1.69 bits per heavy atom. The summed E-state index contributed by atoms with van der Waals surface area (Å²) in [6.07, 6.45) is 5.60. The SMILES string of the molecule is O=c1c(-c2cncnc2)ccc2n1C[C@H]1C[C@@H]2CN(S(=O)(=O)c2ccccc2)C1. The van der Waals surface area contributed by atoms with Gasteiger partial charge in [0, 0.05) is 49.2 Å². The highest BCUT2D eigenvalue weighted by molar-refractivity contribution is 7.89. The molecule has 3 aromatic rings. The number of hydrogen-bond acceptors (Lipinski definition) is 5. The first-order valence-electron chi connectivity index (χ1n) is 9.58. The van der Waals surface area contributed by atoms with Crippen LogP contribution in [0, 0.1) is 5.92 Å². The number of aromatic nitrogens is 3. The number of fused-ring (bicyclic) bond motifs is 4. The highest BCUT2D eigenvalue weighted by Crippen LogP contribution is 2.37. The fourth-order valence-electron chi connectivity index (χ4n) is 4.50. The third-order valence-corrected chi connectivity index (χ3v) is 7.67. The molecule has 0 radical (unpaired) electrons. The summed E-state index contributed by atoms with van der Waals surface area (Å²) < 4.78 is 29.6. The maximum atomic E-state index is 13.1. The first-order valence-corrected chi connectivity index (χ1v) is 11.0. The minimum atomic E-state index is -3.54. The molecular formula is C21H20N4O3S. The topological polar surface area (TPSA) is 85.2 Å². The fourth-order valence-corrected chi connectivity index (χ4v) is 6.08. The zero-order valence-electron chi connectivity index (χ0n) is 15.7. The Balaban J connectivity index is 1.51. The van der Waals surface area contributed by atoms with Crippen LogP contribution in [-0.2, 0) is 16.6 Å². The van der Waals surface area contributed by atoms with Gasteiger partial charge in [0.15, 0.2) is 0 Å². The Morgan fingerprint density at radius 1 is 0.931 bits per heavy atom. The molecule has 0 unspecified atom stereocenters. The van der Waals surface area contributed by atoms with Gasteiger partial charge in [-0.15, -0.1) is 0 Å². The van der Waals surface area contributed by atoms with Gasteiger partial charge in [0.05, 0.1) is 10.5 Å². The highest BCUT2D eigenvalue weighted by atomic mass is 32.2. The van der Waals surface area contributed by atoms with Crippen LogP contribution in [-0.4, -0.2) is 40.3 Å². The number of nitrogens with zero attached hydrogens (tertiary/aromatic N) is 4. The fraction of sp³-hybridized carbons (Fsp3) is 0.286. The summed E-state index contributed by atoms with van der Waals surface area (Å²) >= 11 is 0. The van der Waals surface area contributed by atoms with Crippen LogP contribution in [0.15, 0.2) is 70.9 Å². The van der Waals surface area contributed by atoms with E-state index in [4.69, 9.17) is 0 Å². The van der Waals surface area contributed by atoms with Gasteiger partial charge in [0.2, 0.25) is 10.0 Å². The van der Waals surface area contributed by atoms with E-state index in [2.05, 4.69) is 9.97 Å². The second-order valence-corrected chi connectivity index (χ2v) is 9.59. The molecule has 1 fully saturated rings.